The third-order valence-corrected chi connectivity index (χ3v) is 5.41. The molecule has 0 aliphatic heterocycles. The van der Waals surface area contributed by atoms with E-state index < -0.39 is 7.60 Å². The maximum atomic E-state index is 12.3. The molecule has 3 nitrogen and oxygen atoms in total. The molecule has 17 heavy (non-hydrogen) atoms. The molecule has 0 spiro atoms. The molecule has 0 heterocycles. The van der Waals surface area contributed by atoms with Gasteiger partial charge in [0.15, 0.2) is 0 Å². The van der Waals surface area contributed by atoms with E-state index in [-0.39, 0.29) is 6.16 Å². The van der Waals surface area contributed by atoms with Gasteiger partial charge in [-0.25, -0.2) is 0 Å². The lowest BCUT2D eigenvalue weighted by atomic mass is 10.2. The summed E-state index contributed by atoms with van der Waals surface area (Å²) in [7, 11) is -3.09. The molecular formula is C11H15BrClO3P. The predicted octanol–water partition coefficient (Wildman–Crippen LogP) is 4.87. The van der Waals surface area contributed by atoms with Crippen LogP contribution in [0.3, 0.4) is 0 Å². The first-order valence-electron chi connectivity index (χ1n) is 5.33. The summed E-state index contributed by atoms with van der Waals surface area (Å²) in [6.07, 6.45) is 0.187. The van der Waals surface area contributed by atoms with Crippen LogP contribution in [-0.2, 0) is 19.8 Å². The van der Waals surface area contributed by atoms with Gasteiger partial charge in [0.25, 0.3) is 0 Å². The van der Waals surface area contributed by atoms with E-state index >= 15 is 0 Å². The van der Waals surface area contributed by atoms with Gasteiger partial charge < -0.3 is 9.05 Å². The van der Waals surface area contributed by atoms with Crippen LogP contribution < -0.4 is 0 Å². The molecule has 6 heteroatoms. The van der Waals surface area contributed by atoms with E-state index in [9.17, 15) is 4.57 Å². The van der Waals surface area contributed by atoms with Crippen molar-refractivity contribution in [3.63, 3.8) is 0 Å². The number of benzene rings is 1. The average Bonchev–Trinajstić information content (AvgIpc) is 2.25. The van der Waals surface area contributed by atoms with Crippen molar-refractivity contribution < 1.29 is 13.6 Å². The quantitative estimate of drug-likeness (QED) is 0.693. The second-order valence-electron chi connectivity index (χ2n) is 3.32. The number of hydrogen-bond acceptors (Lipinski definition) is 3. The van der Waals surface area contributed by atoms with Crippen LogP contribution in [-0.4, -0.2) is 13.2 Å². The van der Waals surface area contributed by atoms with Crippen molar-refractivity contribution >= 4 is 35.1 Å². The summed E-state index contributed by atoms with van der Waals surface area (Å²) >= 11 is 9.45. The smallest absolute Gasteiger partial charge is 0.309 e. The van der Waals surface area contributed by atoms with Crippen molar-refractivity contribution in [2.75, 3.05) is 13.2 Å². The Kier molecular flexibility index (Phi) is 6.18. The standard InChI is InChI=1S/C11H15BrClO3P/c1-3-15-17(14,16-4-2)8-9-6-5-7-10(12)11(9)13/h5-7H,3-4,8H2,1-2H3. The molecule has 0 amide bonds. The molecule has 96 valence electrons. The number of halogens is 2. The van der Waals surface area contributed by atoms with Gasteiger partial charge in [-0.3, -0.25) is 4.57 Å². The minimum absolute atomic E-state index is 0.187. The van der Waals surface area contributed by atoms with Crippen LogP contribution in [0.5, 0.6) is 0 Å². The fourth-order valence-corrected chi connectivity index (χ4v) is 3.82. The predicted molar refractivity (Wildman–Crippen MR) is 73.7 cm³/mol. The van der Waals surface area contributed by atoms with Gasteiger partial charge in [-0.1, -0.05) is 23.7 Å². The molecule has 0 bridgehead atoms. The molecular weight excluding hydrogens is 326 g/mol. The minimum atomic E-state index is -3.09. The van der Waals surface area contributed by atoms with E-state index in [1.807, 2.05) is 18.2 Å². The highest BCUT2D eigenvalue weighted by molar-refractivity contribution is 9.10. The topological polar surface area (TPSA) is 35.5 Å². The summed E-state index contributed by atoms with van der Waals surface area (Å²) in [5.74, 6) is 0. The Bertz CT molecular complexity index is 415. The molecule has 1 aromatic rings. The second-order valence-corrected chi connectivity index (χ2v) is 6.60. The lowest BCUT2D eigenvalue weighted by molar-refractivity contribution is 0.219. The Hall–Kier alpha value is 0.140. The van der Waals surface area contributed by atoms with Gasteiger partial charge in [0, 0.05) is 4.47 Å². The van der Waals surface area contributed by atoms with Gasteiger partial charge >= 0.3 is 7.60 Å². The highest BCUT2D eigenvalue weighted by Gasteiger charge is 2.25. The van der Waals surface area contributed by atoms with Gasteiger partial charge in [-0.05, 0) is 41.4 Å². The molecule has 0 aromatic heterocycles. The molecule has 1 rings (SSSR count). The van der Waals surface area contributed by atoms with Gasteiger partial charge in [0.2, 0.25) is 0 Å². The Morgan fingerprint density at radius 3 is 2.41 bits per heavy atom. The van der Waals surface area contributed by atoms with Gasteiger partial charge in [-0.15, -0.1) is 0 Å². The van der Waals surface area contributed by atoms with Gasteiger partial charge in [0.05, 0.1) is 24.4 Å². The molecule has 0 saturated heterocycles. The van der Waals surface area contributed by atoms with Crippen LogP contribution in [0, 0.1) is 0 Å². The Morgan fingerprint density at radius 1 is 1.29 bits per heavy atom. The van der Waals surface area contributed by atoms with Crippen LogP contribution in [0.25, 0.3) is 0 Å². The zero-order chi connectivity index (χ0) is 12.9. The fourth-order valence-electron chi connectivity index (χ4n) is 1.40. The lowest BCUT2D eigenvalue weighted by Gasteiger charge is -2.17. The summed E-state index contributed by atoms with van der Waals surface area (Å²) in [6.45, 7) is 4.27. The molecule has 0 saturated carbocycles. The highest BCUT2D eigenvalue weighted by Crippen LogP contribution is 2.52. The fraction of sp³-hybridized carbons (Fsp3) is 0.455. The Labute approximate surface area is 115 Å². The zero-order valence-corrected chi connectivity index (χ0v) is 13.0. The third-order valence-electron chi connectivity index (χ3n) is 2.05. The van der Waals surface area contributed by atoms with Crippen LogP contribution in [0.15, 0.2) is 22.7 Å². The summed E-state index contributed by atoms with van der Waals surface area (Å²) in [5.41, 5.74) is 0.756. The van der Waals surface area contributed by atoms with E-state index in [1.165, 1.54) is 0 Å². The molecule has 0 atom stereocenters. The Morgan fingerprint density at radius 2 is 1.88 bits per heavy atom. The molecule has 0 radical (unpaired) electrons. The lowest BCUT2D eigenvalue weighted by Crippen LogP contribution is -1.99. The SMILES string of the molecule is CCOP(=O)(Cc1cccc(Br)c1Cl)OCC. The van der Waals surface area contributed by atoms with Crippen molar-refractivity contribution in [3.8, 4) is 0 Å². The summed E-state index contributed by atoms with van der Waals surface area (Å²) in [6, 6.07) is 5.49. The summed E-state index contributed by atoms with van der Waals surface area (Å²) in [4.78, 5) is 0. The van der Waals surface area contributed by atoms with Crippen molar-refractivity contribution in [2.45, 2.75) is 20.0 Å². The molecule has 0 fully saturated rings. The monoisotopic (exact) mass is 340 g/mol. The average molecular weight is 342 g/mol. The van der Waals surface area contributed by atoms with E-state index in [4.69, 9.17) is 20.6 Å². The second kappa shape index (κ2) is 6.91. The number of rotatable bonds is 6. The molecule has 0 aliphatic rings. The molecule has 0 N–H and O–H groups in total. The normalized spacial score (nSPS) is 11.8. The van der Waals surface area contributed by atoms with Crippen LogP contribution in [0.2, 0.25) is 5.02 Å². The highest BCUT2D eigenvalue weighted by atomic mass is 79.9. The van der Waals surface area contributed by atoms with Crippen molar-refractivity contribution in [1.82, 2.24) is 0 Å². The summed E-state index contributed by atoms with van der Waals surface area (Å²) < 4.78 is 23.6. The maximum absolute atomic E-state index is 12.3. The van der Waals surface area contributed by atoms with E-state index in [0.717, 1.165) is 10.0 Å². The maximum Gasteiger partial charge on any atom is 0.335 e. The third kappa shape index (κ3) is 4.38. The van der Waals surface area contributed by atoms with Crippen LogP contribution >= 0.6 is 35.1 Å². The first-order chi connectivity index (χ1) is 8.02. The number of hydrogen-bond donors (Lipinski definition) is 0. The zero-order valence-electron chi connectivity index (χ0n) is 9.78. The Balaban J connectivity index is 2.93. The van der Waals surface area contributed by atoms with E-state index in [1.54, 1.807) is 13.8 Å². The van der Waals surface area contributed by atoms with Gasteiger partial charge in [-0.2, -0.15) is 0 Å². The molecule has 0 unspecified atom stereocenters. The van der Waals surface area contributed by atoms with Crippen LogP contribution in [0.1, 0.15) is 19.4 Å². The summed E-state index contributed by atoms with van der Waals surface area (Å²) in [5, 5.41) is 0.548. The van der Waals surface area contributed by atoms with Crippen molar-refractivity contribution in [3.05, 3.63) is 33.3 Å². The minimum Gasteiger partial charge on any atom is -0.309 e. The van der Waals surface area contributed by atoms with Crippen molar-refractivity contribution in [1.29, 1.82) is 0 Å². The first-order valence-corrected chi connectivity index (χ1v) is 8.23. The first kappa shape index (κ1) is 15.2. The molecule has 0 aliphatic carbocycles. The van der Waals surface area contributed by atoms with E-state index in [2.05, 4.69) is 15.9 Å². The largest absolute Gasteiger partial charge is 0.335 e. The van der Waals surface area contributed by atoms with E-state index in [0.29, 0.717) is 18.2 Å². The van der Waals surface area contributed by atoms with Crippen LogP contribution in [0.4, 0.5) is 0 Å². The molecule has 1 aromatic carbocycles. The van der Waals surface area contributed by atoms with Gasteiger partial charge in [0.1, 0.15) is 0 Å². The van der Waals surface area contributed by atoms with Crippen molar-refractivity contribution in [2.24, 2.45) is 0 Å².